The van der Waals surface area contributed by atoms with Crippen molar-refractivity contribution in [3.63, 3.8) is 0 Å². The molecule has 1 N–H and O–H groups in total. The lowest BCUT2D eigenvalue weighted by Gasteiger charge is -2.05. The van der Waals surface area contributed by atoms with Crippen LogP contribution in [-0.2, 0) is 6.42 Å². The van der Waals surface area contributed by atoms with E-state index in [2.05, 4.69) is 31.3 Å². The Balaban J connectivity index is 1.93. The van der Waals surface area contributed by atoms with Gasteiger partial charge in [0.15, 0.2) is 0 Å². The zero-order valence-electron chi connectivity index (χ0n) is 10.4. The number of aromatic nitrogens is 1. The highest BCUT2D eigenvalue weighted by atomic mass is 32.1. The van der Waals surface area contributed by atoms with E-state index in [4.69, 9.17) is 4.98 Å². The fourth-order valence-corrected chi connectivity index (χ4v) is 3.87. The number of hydrogen-bond acceptors (Lipinski definition) is 3. The number of benzene rings is 1. The Morgan fingerprint density at radius 3 is 3.06 bits per heavy atom. The lowest BCUT2D eigenvalue weighted by Crippen LogP contribution is -2.23. The number of nitrogens with one attached hydrogen (secondary N) is 1. The lowest BCUT2D eigenvalue weighted by atomic mass is 10.1. The van der Waals surface area contributed by atoms with Gasteiger partial charge in [-0.3, -0.25) is 0 Å². The molecule has 1 fully saturated rings. The molecule has 1 aromatic carbocycles. The third-order valence-corrected chi connectivity index (χ3v) is 4.48. The van der Waals surface area contributed by atoms with Gasteiger partial charge in [0.05, 0.1) is 15.2 Å². The van der Waals surface area contributed by atoms with Gasteiger partial charge in [0.2, 0.25) is 0 Å². The van der Waals surface area contributed by atoms with Gasteiger partial charge in [-0.25, -0.2) is 4.98 Å². The van der Waals surface area contributed by atoms with E-state index in [0.717, 1.165) is 6.42 Å². The molecule has 2 aromatic rings. The summed E-state index contributed by atoms with van der Waals surface area (Å²) in [6.07, 6.45) is 3.71. The first kappa shape index (κ1) is 11.2. The molecule has 0 radical (unpaired) electrons. The average Bonchev–Trinajstić information content (AvgIpc) is 2.87. The van der Waals surface area contributed by atoms with Gasteiger partial charge >= 0.3 is 0 Å². The van der Waals surface area contributed by atoms with Crippen molar-refractivity contribution in [3.05, 3.63) is 28.3 Å². The van der Waals surface area contributed by atoms with Crippen molar-refractivity contribution in [1.29, 1.82) is 0 Å². The highest BCUT2D eigenvalue weighted by Crippen LogP contribution is 2.27. The molecular formula is C14H18N2S. The molecule has 1 aliphatic rings. The fourth-order valence-electron chi connectivity index (χ4n) is 2.65. The molecule has 3 heteroatoms. The quantitative estimate of drug-likeness (QED) is 0.880. The van der Waals surface area contributed by atoms with Crippen LogP contribution in [0.1, 0.15) is 29.0 Å². The van der Waals surface area contributed by atoms with Crippen LogP contribution >= 0.6 is 11.3 Å². The number of hydrogen-bond donors (Lipinski definition) is 1. The standard InChI is InChI=1S/C14H18N2S/c1-9-6-10(2)14-12(7-9)17-13(16-14)8-11-4-3-5-15-11/h6-7,11,15H,3-5,8H2,1-2H3. The van der Waals surface area contributed by atoms with Crippen LogP contribution in [0.3, 0.4) is 0 Å². The van der Waals surface area contributed by atoms with Crippen LogP contribution in [0.15, 0.2) is 12.1 Å². The molecular weight excluding hydrogens is 228 g/mol. The first-order chi connectivity index (χ1) is 8.22. The maximum Gasteiger partial charge on any atom is 0.0954 e. The highest BCUT2D eigenvalue weighted by Gasteiger charge is 2.17. The highest BCUT2D eigenvalue weighted by molar-refractivity contribution is 7.18. The normalized spacial score (nSPS) is 20.2. The largest absolute Gasteiger partial charge is 0.314 e. The summed E-state index contributed by atoms with van der Waals surface area (Å²) in [5.41, 5.74) is 3.85. The van der Waals surface area contributed by atoms with Gasteiger partial charge in [0.1, 0.15) is 0 Å². The minimum atomic E-state index is 0.650. The average molecular weight is 246 g/mol. The molecule has 0 amide bonds. The number of fused-ring (bicyclic) bond motifs is 1. The maximum atomic E-state index is 4.80. The van der Waals surface area contributed by atoms with E-state index >= 15 is 0 Å². The minimum absolute atomic E-state index is 0.650. The van der Waals surface area contributed by atoms with Gasteiger partial charge in [0, 0.05) is 12.5 Å². The van der Waals surface area contributed by atoms with Crippen molar-refractivity contribution in [3.8, 4) is 0 Å². The topological polar surface area (TPSA) is 24.9 Å². The lowest BCUT2D eigenvalue weighted by molar-refractivity contribution is 0.602. The summed E-state index contributed by atoms with van der Waals surface area (Å²) in [5, 5.41) is 4.83. The molecule has 0 spiro atoms. The maximum absolute atomic E-state index is 4.80. The van der Waals surface area contributed by atoms with Gasteiger partial charge in [-0.2, -0.15) is 0 Å². The van der Waals surface area contributed by atoms with E-state index in [1.165, 1.54) is 45.7 Å². The molecule has 1 atom stereocenters. The SMILES string of the molecule is Cc1cc(C)c2nc(CC3CCCN3)sc2c1. The van der Waals surface area contributed by atoms with Gasteiger partial charge in [0.25, 0.3) is 0 Å². The van der Waals surface area contributed by atoms with Crippen molar-refractivity contribution < 1.29 is 0 Å². The number of thiazole rings is 1. The summed E-state index contributed by atoms with van der Waals surface area (Å²) >= 11 is 1.86. The summed E-state index contributed by atoms with van der Waals surface area (Å²) in [4.78, 5) is 4.80. The summed E-state index contributed by atoms with van der Waals surface area (Å²) < 4.78 is 1.34. The van der Waals surface area contributed by atoms with Crippen LogP contribution in [-0.4, -0.2) is 17.6 Å². The zero-order chi connectivity index (χ0) is 11.8. The van der Waals surface area contributed by atoms with Gasteiger partial charge in [-0.15, -0.1) is 11.3 Å². The molecule has 2 nitrogen and oxygen atoms in total. The van der Waals surface area contributed by atoms with Crippen molar-refractivity contribution in [2.75, 3.05) is 6.54 Å². The van der Waals surface area contributed by atoms with Crippen LogP contribution in [0, 0.1) is 13.8 Å². The molecule has 17 heavy (non-hydrogen) atoms. The van der Waals surface area contributed by atoms with E-state index in [1.807, 2.05) is 11.3 Å². The Hall–Kier alpha value is -0.930. The van der Waals surface area contributed by atoms with Gasteiger partial charge in [-0.05, 0) is 50.4 Å². The number of aryl methyl sites for hydroxylation is 2. The molecule has 3 rings (SSSR count). The Kier molecular flexibility index (Phi) is 2.89. The summed E-state index contributed by atoms with van der Waals surface area (Å²) in [6.45, 7) is 5.49. The summed E-state index contributed by atoms with van der Waals surface area (Å²) in [6, 6.07) is 5.13. The monoisotopic (exact) mass is 246 g/mol. The van der Waals surface area contributed by atoms with Crippen LogP contribution in [0.5, 0.6) is 0 Å². The second-order valence-electron chi connectivity index (χ2n) is 5.03. The molecule has 0 aliphatic carbocycles. The number of nitrogens with zero attached hydrogens (tertiary/aromatic N) is 1. The van der Waals surface area contributed by atoms with E-state index in [1.54, 1.807) is 0 Å². The Labute approximate surface area is 106 Å². The Morgan fingerprint density at radius 1 is 1.41 bits per heavy atom. The van der Waals surface area contributed by atoms with E-state index in [-0.39, 0.29) is 0 Å². The molecule has 2 heterocycles. The molecule has 1 saturated heterocycles. The summed E-state index contributed by atoms with van der Waals surface area (Å²) in [5.74, 6) is 0. The molecule has 1 aromatic heterocycles. The number of rotatable bonds is 2. The third-order valence-electron chi connectivity index (χ3n) is 3.46. The Bertz CT molecular complexity index is 538. The summed E-state index contributed by atoms with van der Waals surface area (Å²) in [7, 11) is 0. The second kappa shape index (κ2) is 4.39. The van der Waals surface area contributed by atoms with Crippen LogP contribution < -0.4 is 5.32 Å². The molecule has 90 valence electrons. The van der Waals surface area contributed by atoms with Gasteiger partial charge < -0.3 is 5.32 Å². The van der Waals surface area contributed by atoms with Crippen LogP contribution in [0.2, 0.25) is 0 Å². The minimum Gasteiger partial charge on any atom is -0.314 e. The first-order valence-electron chi connectivity index (χ1n) is 6.32. The second-order valence-corrected chi connectivity index (χ2v) is 6.15. The van der Waals surface area contributed by atoms with Crippen LogP contribution in [0.25, 0.3) is 10.2 Å². The first-order valence-corrected chi connectivity index (χ1v) is 7.14. The smallest absolute Gasteiger partial charge is 0.0954 e. The molecule has 1 unspecified atom stereocenters. The van der Waals surface area contributed by atoms with Gasteiger partial charge in [-0.1, -0.05) is 6.07 Å². The van der Waals surface area contributed by atoms with E-state index in [9.17, 15) is 0 Å². The van der Waals surface area contributed by atoms with Crippen molar-refractivity contribution in [1.82, 2.24) is 10.3 Å². The van der Waals surface area contributed by atoms with Crippen molar-refractivity contribution >= 4 is 21.6 Å². The fraction of sp³-hybridized carbons (Fsp3) is 0.500. The Morgan fingerprint density at radius 2 is 2.29 bits per heavy atom. The molecule has 0 saturated carbocycles. The van der Waals surface area contributed by atoms with Crippen LogP contribution in [0.4, 0.5) is 0 Å². The van der Waals surface area contributed by atoms with Crippen molar-refractivity contribution in [2.45, 2.75) is 39.2 Å². The third kappa shape index (κ3) is 2.22. The van der Waals surface area contributed by atoms with E-state index in [0.29, 0.717) is 6.04 Å². The predicted octanol–water partition coefficient (Wildman–Crippen LogP) is 3.21. The van der Waals surface area contributed by atoms with Crippen molar-refractivity contribution in [2.24, 2.45) is 0 Å². The molecule has 1 aliphatic heterocycles. The van der Waals surface area contributed by atoms with E-state index < -0.39 is 0 Å². The molecule has 0 bridgehead atoms. The predicted molar refractivity (Wildman–Crippen MR) is 73.8 cm³/mol. The zero-order valence-corrected chi connectivity index (χ0v) is 11.2.